The predicted molar refractivity (Wildman–Crippen MR) is 57.4 cm³/mol. The van der Waals surface area contributed by atoms with Gasteiger partial charge in [-0.05, 0) is 31.0 Å². The van der Waals surface area contributed by atoms with Crippen LogP contribution in [0.2, 0.25) is 0 Å². The molecule has 2 N–H and O–H groups in total. The summed E-state index contributed by atoms with van der Waals surface area (Å²) in [5.74, 6) is -0.377. The maximum atomic E-state index is 12.7. The van der Waals surface area contributed by atoms with Crippen molar-refractivity contribution in [1.82, 2.24) is 0 Å². The monoisotopic (exact) mass is 223 g/mol. The Morgan fingerprint density at radius 3 is 2.62 bits per heavy atom. The lowest BCUT2D eigenvalue weighted by Crippen LogP contribution is -2.40. The lowest BCUT2D eigenvalue weighted by atomic mass is 9.96. The van der Waals surface area contributed by atoms with Gasteiger partial charge in [0.05, 0.1) is 12.6 Å². The maximum Gasteiger partial charge on any atom is 0.183 e. The van der Waals surface area contributed by atoms with Gasteiger partial charge in [0.2, 0.25) is 0 Å². The van der Waals surface area contributed by atoms with Crippen LogP contribution in [0.4, 0.5) is 4.39 Å². The van der Waals surface area contributed by atoms with Crippen LogP contribution in [0.3, 0.4) is 0 Å². The third-order valence-electron chi connectivity index (χ3n) is 2.80. The minimum absolute atomic E-state index is 0.0863. The molecule has 0 radical (unpaired) electrons. The molecule has 1 fully saturated rings. The number of hydrogen-bond acceptors (Lipinski definition) is 3. The summed E-state index contributed by atoms with van der Waals surface area (Å²) < 4.78 is 17.7. The second kappa shape index (κ2) is 3.96. The zero-order chi connectivity index (χ0) is 11.8. The number of Topliss-reactive ketones (excluding diaryl/α,β-unsaturated/α-hetero) is 1. The molecule has 0 unspecified atom stereocenters. The van der Waals surface area contributed by atoms with Crippen molar-refractivity contribution in [2.24, 2.45) is 5.73 Å². The molecule has 1 aromatic carbocycles. The Morgan fingerprint density at radius 2 is 2.12 bits per heavy atom. The molecule has 2 rings (SSSR count). The van der Waals surface area contributed by atoms with Crippen LogP contribution < -0.4 is 5.73 Å². The topological polar surface area (TPSA) is 55.6 Å². The number of rotatable bonds is 4. The van der Waals surface area contributed by atoms with Crippen molar-refractivity contribution >= 4 is 5.78 Å². The zero-order valence-electron chi connectivity index (χ0n) is 9.07. The molecule has 1 saturated heterocycles. The molecular formula is C12H14FNO2. The summed E-state index contributed by atoms with van der Waals surface area (Å²) in [5.41, 5.74) is 5.96. The molecule has 0 amide bonds. The van der Waals surface area contributed by atoms with E-state index in [1.165, 1.54) is 12.1 Å². The first-order chi connectivity index (χ1) is 7.51. The Morgan fingerprint density at radius 1 is 1.56 bits per heavy atom. The molecule has 3 nitrogen and oxygen atoms in total. The van der Waals surface area contributed by atoms with Gasteiger partial charge >= 0.3 is 0 Å². The van der Waals surface area contributed by atoms with Crippen LogP contribution in [-0.4, -0.2) is 24.0 Å². The molecule has 4 heteroatoms. The van der Waals surface area contributed by atoms with E-state index in [0.29, 0.717) is 13.0 Å². The number of carbonyl (C=O) groups is 1. The van der Waals surface area contributed by atoms with Gasteiger partial charge in [0.15, 0.2) is 5.78 Å². The van der Waals surface area contributed by atoms with Gasteiger partial charge in [0.1, 0.15) is 11.4 Å². The van der Waals surface area contributed by atoms with Crippen LogP contribution in [0, 0.1) is 5.82 Å². The fourth-order valence-electron chi connectivity index (χ4n) is 1.61. The number of halogens is 1. The standard InChI is InChI=1S/C12H14FNO2/c1-12(7-16-12)11(15)10(14)6-8-2-4-9(13)5-3-8/h2-5,10H,6-7,14H2,1H3/t10-,12+/m0/s1. The lowest BCUT2D eigenvalue weighted by molar-refractivity contribution is -0.124. The number of benzene rings is 1. The summed E-state index contributed by atoms with van der Waals surface area (Å²) in [7, 11) is 0. The summed E-state index contributed by atoms with van der Waals surface area (Å²) in [6, 6.07) is 5.42. The Bertz CT molecular complexity index is 398. The summed E-state index contributed by atoms with van der Waals surface area (Å²) in [6.07, 6.45) is 0.415. The second-order valence-electron chi connectivity index (χ2n) is 4.32. The van der Waals surface area contributed by atoms with Crippen molar-refractivity contribution in [3.63, 3.8) is 0 Å². The van der Waals surface area contributed by atoms with Crippen LogP contribution in [-0.2, 0) is 16.0 Å². The highest BCUT2D eigenvalue weighted by molar-refractivity contribution is 5.93. The highest BCUT2D eigenvalue weighted by atomic mass is 19.1. The average Bonchev–Trinajstić information content (AvgIpc) is 3.00. The molecule has 1 aliphatic rings. The predicted octanol–water partition coefficient (Wildman–Crippen LogP) is 1.05. The van der Waals surface area contributed by atoms with E-state index in [1.807, 2.05) is 0 Å². The fraction of sp³-hybridized carbons (Fsp3) is 0.417. The Kier molecular flexibility index (Phi) is 2.78. The van der Waals surface area contributed by atoms with Crippen molar-refractivity contribution in [3.05, 3.63) is 35.6 Å². The molecule has 0 saturated carbocycles. The Hall–Kier alpha value is -1.26. The fourth-order valence-corrected chi connectivity index (χ4v) is 1.61. The van der Waals surface area contributed by atoms with Crippen LogP contribution in [0.25, 0.3) is 0 Å². The van der Waals surface area contributed by atoms with E-state index in [0.717, 1.165) is 5.56 Å². The minimum Gasteiger partial charge on any atom is -0.362 e. The SMILES string of the molecule is C[C@]1(C(=O)[C@@H](N)Cc2ccc(F)cc2)CO1. The molecule has 0 bridgehead atoms. The molecule has 1 heterocycles. The smallest absolute Gasteiger partial charge is 0.183 e. The largest absolute Gasteiger partial charge is 0.362 e. The number of hydrogen-bond donors (Lipinski definition) is 1. The van der Waals surface area contributed by atoms with Crippen molar-refractivity contribution in [3.8, 4) is 0 Å². The number of ether oxygens (including phenoxy) is 1. The quantitative estimate of drug-likeness (QED) is 0.776. The van der Waals surface area contributed by atoms with Crippen LogP contribution in [0.5, 0.6) is 0 Å². The van der Waals surface area contributed by atoms with Gasteiger partial charge in [-0.3, -0.25) is 4.79 Å². The highest BCUT2D eigenvalue weighted by Crippen LogP contribution is 2.28. The lowest BCUT2D eigenvalue weighted by Gasteiger charge is -2.12. The molecule has 0 aromatic heterocycles. The first kappa shape index (κ1) is 11.2. The molecule has 0 spiro atoms. The minimum atomic E-state index is -0.681. The van der Waals surface area contributed by atoms with Gasteiger partial charge < -0.3 is 10.5 Å². The molecule has 1 aliphatic heterocycles. The average molecular weight is 223 g/mol. The maximum absolute atomic E-state index is 12.7. The third kappa shape index (κ3) is 2.28. The first-order valence-electron chi connectivity index (χ1n) is 5.19. The molecule has 0 aliphatic carbocycles. The number of nitrogens with two attached hydrogens (primary N) is 1. The molecule has 16 heavy (non-hydrogen) atoms. The van der Waals surface area contributed by atoms with Gasteiger partial charge in [-0.2, -0.15) is 0 Å². The Labute approximate surface area is 93.4 Å². The molecular weight excluding hydrogens is 209 g/mol. The van der Waals surface area contributed by atoms with E-state index in [1.54, 1.807) is 19.1 Å². The normalized spacial score (nSPS) is 25.2. The van der Waals surface area contributed by atoms with E-state index in [-0.39, 0.29) is 11.6 Å². The zero-order valence-corrected chi connectivity index (χ0v) is 9.07. The first-order valence-corrected chi connectivity index (χ1v) is 5.19. The van der Waals surface area contributed by atoms with Crippen molar-refractivity contribution < 1.29 is 13.9 Å². The van der Waals surface area contributed by atoms with Gasteiger partial charge in [-0.25, -0.2) is 4.39 Å². The number of epoxide rings is 1. The molecule has 1 aromatic rings. The van der Waals surface area contributed by atoms with E-state index in [4.69, 9.17) is 10.5 Å². The van der Waals surface area contributed by atoms with Crippen LogP contribution in [0.1, 0.15) is 12.5 Å². The second-order valence-corrected chi connectivity index (χ2v) is 4.32. The van der Waals surface area contributed by atoms with Gasteiger partial charge in [0, 0.05) is 0 Å². The van der Waals surface area contributed by atoms with Crippen LogP contribution >= 0.6 is 0 Å². The van der Waals surface area contributed by atoms with E-state index >= 15 is 0 Å². The van der Waals surface area contributed by atoms with Crippen molar-refractivity contribution in [2.45, 2.75) is 25.0 Å². The van der Waals surface area contributed by atoms with Crippen molar-refractivity contribution in [2.75, 3.05) is 6.61 Å². The highest BCUT2D eigenvalue weighted by Gasteiger charge is 2.48. The summed E-state index contributed by atoms with van der Waals surface area (Å²) in [4.78, 5) is 11.8. The van der Waals surface area contributed by atoms with Gasteiger partial charge in [0.25, 0.3) is 0 Å². The van der Waals surface area contributed by atoms with E-state index < -0.39 is 11.6 Å². The van der Waals surface area contributed by atoms with Gasteiger partial charge in [-0.1, -0.05) is 12.1 Å². The van der Waals surface area contributed by atoms with Gasteiger partial charge in [-0.15, -0.1) is 0 Å². The number of carbonyl (C=O) groups excluding carboxylic acids is 1. The van der Waals surface area contributed by atoms with E-state index in [9.17, 15) is 9.18 Å². The summed E-state index contributed by atoms with van der Waals surface area (Å²) >= 11 is 0. The molecule has 86 valence electrons. The van der Waals surface area contributed by atoms with Crippen LogP contribution in [0.15, 0.2) is 24.3 Å². The third-order valence-corrected chi connectivity index (χ3v) is 2.80. The van der Waals surface area contributed by atoms with E-state index in [2.05, 4.69) is 0 Å². The Balaban J connectivity index is 1.99. The number of ketones is 1. The molecule has 2 atom stereocenters. The summed E-state index contributed by atoms with van der Waals surface area (Å²) in [6.45, 7) is 2.18. The van der Waals surface area contributed by atoms with Crippen molar-refractivity contribution in [1.29, 1.82) is 0 Å². The summed E-state index contributed by atoms with van der Waals surface area (Å²) in [5, 5.41) is 0.